The van der Waals surface area contributed by atoms with Gasteiger partial charge in [0.15, 0.2) is 0 Å². The molecule has 9 heteroatoms. The summed E-state index contributed by atoms with van der Waals surface area (Å²) in [7, 11) is 1.34. The van der Waals surface area contributed by atoms with E-state index in [0.29, 0.717) is 24.1 Å². The average molecular weight is 686 g/mol. The van der Waals surface area contributed by atoms with Crippen LogP contribution in [0.3, 0.4) is 0 Å². The molecule has 47 heavy (non-hydrogen) atoms. The number of phosphoric ester groups is 1. The van der Waals surface area contributed by atoms with Crippen molar-refractivity contribution >= 4 is 13.8 Å². The lowest BCUT2D eigenvalue weighted by molar-refractivity contribution is -0.870. The molecule has 0 aromatic carbocycles. The molecule has 0 aliphatic heterocycles. The summed E-state index contributed by atoms with van der Waals surface area (Å²) < 4.78 is 34.0. The van der Waals surface area contributed by atoms with Gasteiger partial charge in [-0.2, -0.15) is 0 Å². The van der Waals surface area contributed by atoms with Gasteiger partial charge in [0.25, 0.3) is 7.82 Å². The fourth-order valence-electron chi connectivity index (χ4n) is 4.73. The fraction of sp³-hybridized carbons (Fsp3) is 0.816. The first kappa shape index (κ1) is 45.7. The van der Waals surface area contributed by atoms with E-state index in [1.165, 1.54) is 70.6 Å². The molecule has 2 unspecified atom stereocenters. The summed E-state index contributed by atoms with van der Waals surface area (Å²) in [4.78, 5) is 24.4. The van der Waals surface area contributed by atoms with E-state index in [-0.39, 0.29) is 25.8 Å². The first-order valence-electron chi connectivity index (χ1n) is 18.7. The number of esters is 1. The minimum Gasteiger partial charge on any atom is -0.756 e. The Morgan fingerprint density at radius 1 is 0.660 bits per heavy atom. The van der Waals surface area contributed by atoms with Crippen LogP contribution in [0.15, 0.2) is 36.5 Å². The molecule has 0 aliphatic rings. The number of hydrogen-bond donors (Lipinski definition) is 0. The highest BCUT2D eigenvalue weighted by Crippen LogP contribution is 2.38. The lowest BCUT2D eigenvalue weighted by Gasteiger charge is -2.28. The first-order valence-corrected chi connectivity index (χ1v) is 20.2. The molecule has 0 fully saturated rings. The molecule has 0 spiro atoms. The molecule has 0 aromatic rings. The van der Waals surface area contributed by atoms with Crippen molar-refractivity contribution in [3.05, 3.63) is 36.5 Å². The Hall–Kier alpha value is -1.28. The summed E-state index contributed by atoms with van der Waals surface area (Å²) in [6, 6.07) is 0. The molecule has 0 aliphatic carbocycles. The predicted octanol–water partition coefficient (Wildman–Crippen LogP) is 9.63. The van der Waals surface area contributed by atoms with Crippen molar-refractivity contribution in [2.75, 3.05) is 54.1 Å². The minimum atomic E-state index is -4.50. The van der Waals surface area contributed by atoms with Crippen LogP contribution in [0, 0.1) is 0 Å². The molecule has 0 N–H and O–H groups in total. The second kappa shape index (κ2) is 32.0. The summed E-state index contributed by atoms with van der Waals surface area (Å²) in [5.74, 6) is -0.364. The predicted molar refractivity (Wildman–Crippen MR) is 194 cm³/mol. The third-order valence-corrected chi connectivity index (χ3v) is 8.66. The molecule has 0 rings (SSSR count). The molecular weight excluding hydrogens is 613 g/mol. The second-order valence-electron chi connectivity index (χ2n) is 13.6. The summed E-state index contributed by atoms with van der Waals surface area (Å²) in [6.07, 6.45) is 35.2. The van der Waals surface area contributed by atoms with E-state index in [0.717, 1.165) is 51.4 Å². The van der Waals surface area contributed by atoms with Gasteiger partial charge in [-0.15, -0.1) is 0 Å². The summed E-state index contributed by atoms with van der Waals surface area (Å²) in [6.45, 7) is 5.18. The van der Waals surface area contributed by atoms with E-state index >= 15 is 0 Å². The van der Waals surface area contributed by atoms with Crippen molar-refractivity contribution in [1.82, 2.24) is 0 Å². The zero-order chi connectivity index (χ0) is 34.9. The number of nitrogens with zero attached hydrogens (tertiary/aromatic N) is 1. The van der Waals surface area contributed by atoms with Gasteiger partial charge in [0.2, 0.25) is 0 Å². The van der Waals surface area contributed by atoms with Gasteiger partial charge >= 0.3 is 5.97 Å². The summed E-state index contributed by atoms with van der Waals surface area (Å²) >= 11 is 0. The van der Waals surface area contributed by atoms with E-state index in [4.69, 9.17) is 18.5 Å². The fourth-order valence-corrected chi connectivity index (χ4v) is 5.46. The van der Waals surface area contributed by atoms with E-state index in [1.807, 2.05) is 21.1 Å². The number of allylic oxidation sites excluding steroid dienone is 6. The highest BCUT2D eigenvalue weighted by Gasteiger charge is 2.20. The molecular formula is C38H72NO7P. The van der Waals surface area contributed by atoms with E-state index in [9.17, 15) is 14.3 Å². The van der Waals surface area contributed by atoms with Crippen LogP contribution in [-0.4, -0.2) is 70.7 Å². The van der Waals surface area contributed by atoms with Crippen molar-refractivity contribution in [3.8, 4) is 0 Å². The number of rotatable bonds is 34. The number of carbonyl (C=O) groups excluding carboxylic acids is 1. The number of hydrogen-bond acceptors (Lipinski definition) is 7. The Morgan fingerprint density at radius 2 is 1.17 bits per heavy atom. The van der Waals surface area contributed by atoms with Crippen LogP contribution < -0.4 is 4.89 Å². The summed E-state index contributed by atoms with van der Waals surface area (Å²) in [5, 5.41) is 0. The number of likely N-dealkylation sites (N-methyl/N-ethyl adjacent to an activating group) is 1. The highest BCUT2D eigenvalue weighted by atomic mass is 31.2. The third-order valence-electron chi connectivity index (χ3n) is 7.69. The molecule has 0 amide bonds. The second-order valence-corrected chi connectivity index (χ2v) is 15.0. The molecule has 276 valence electrons. The van der Waals surface area contributed by atoms with Crippen LogP contribution in [0.2, 0.25) is 0 Å². The highest BCUT2D eigenvalue weighted by molar-refractivity contribution is 7.45. The van der Waals surface area contributed by atoms with Crippen molar-refractivity contribution < 1.29 is 37.3 Å². The Bertz CT molecular complexity index is 853. The standard InChI is InChI=1S/C38H72NO7P/c1-6-8-10-11-12-13-14-15-16-17-18-19-20-21-22-23-24-25-26-27-28-30-33-43-35-37(46-38(40)31-29-9-7-2)36-45-47(41,42)44-34-32-39(3,4)5/h14-15,17-18,20-21,37H,6-13,16,19,22-36H2,1-5H3/b15-14-,18-17-,21-20-. The maximum Gasteiger partial charge on any atom is 0.306 e. The molecule has 0 saturated heterocycles. The van der Waals surface area contributed by atoms with Gasteiger partial charge in [-0.05, 0) is 51.4 Å². The number of carbonyl (C=O) groups is 1. The normalized spacial score (nSPS) is 14.4. The Labute approximate surface area is 289 Å². The first-order chi connectivity index (χ1) is 22.6. The molecule has 0 bridgehead atoms. The maximum absolute atomic E-state index is 12.2. The number of phosphoric acid groups is 1. The number of unbranched alkanes of at least 4 members (excludes halogenated alkanes) is 14. The van der Waals surface area contributed by atoms with Crippen LogP contribution in [0.5, 0.6) is 0 Å². The van der Waals surface area contributed by atoms with Gasteiger partial charge in [-0.1, -0.05) is 121 Å². The van der Waals surface area contributed by atoms with Crippen molar-refractivity contribution in [2.24, 2.45) is 0 Å². The van der Waals surface area contributed by atoms with E-state index in [1.54, 1.807) is 0 Å². The van der Waals surface area contributed by atoms with Gasteiger partial charge in [0.1, 0.15) is 19.3 Å². The third kappa shape index (κ3) is 35.8. The molecule has 0 radical (unpaired) electrons. The summed E-state index contributed by atoms with van der Waals surface area (Å²) in [5.41, 5.74) is 0. The lowest BCUT2D eigenvalue weighted by atomic mass is 10.1. The zero-order valence-corrected chi connectivity index (χ0v) is 31.9. The molecule has 0 saturated carbocycles. The van der Waals surface area contributed by atoms with Crippen molar-refractivity contribution in [2.45, 2.75) is 148 Å². The number of quaternary nitrogens is 1. The monoisotopic (exact) mass is 686 g/mol. The van der Waals surface area contributed by atoms with Crippen molar-refractivity contribution in [1.29, 1.82) is 0 Å². The smallest absolute Gasteiger partial charge is 0.306 e. The zero-order valence-electron chi connectivity index (χ0n) is 31.0. The maximum atomic E-state index is 12.2. The Balaban J connectivity index is 3.97. The Morgan fingerprint density at radius 3 is 1.74 bits per heavy atom. The van der Waals surface area contributed by atoms with Crippen molar-refractivity contribution in [3.63, 3.8) is 0 Å². The lowest BCUT2D eigenvalue weighted by Crippen LogP contribution is -2.37. The number of ether oxygens (including phenoxy) is 2. The Kier molecular flexibility index (Phi) is 31.1. The van der Waals surface area contributed by atoms with E-state index < -0.39 is 13.9 Å². The van der Waals surface area contributed by atoms with Crippen LogP contribution in [0.25, 0.3) is 0 Å². The van der Waals surface area contributed by atoms with Gasteiger partial charge in [0, 0.05) is 13.0 Å². The topological polar surface area (TPSA) is 94.1 Å². The minimum absolute atomic E-state index is 0.0228. The SMILES string of the molecule is CCCCCCC/C=C\C/C=C\C/C=C\CCCCCCCCCOCC(COP(=O)([O-])OCC[N+](C)(C)C)OC(=O)CCCCC. The van der Waals surface area contributed by atoms with Crippen LogP contribution >= 0.6 is 7.82 Å². The van der Waals surface area contributed by atoms with Gasteiger partial charge in [-0.3, -0.25) is 9.36 Å². The quantitative estimate of drug-likeness (QED) is 0.0219. The van der Waals surface area contributed by atoms with Gasteiger partial charge in [-0.25, -0.2) is 0 Å². The van der Waals surface area contributed by atoms with Crippen LogP contribution in [-0.2, 0) is 27.9 Å². The average Bonchev–Trinajstić information content (AvgIpc) is 3.01. The molecule has 0 heterocycles. The molecule has 0 aromatic heterocycles. The van der Waals surface area contributed by atoms with Gasteiger partial charge < -0.3 is 27.9 Å². The largest absolute Gasteiger partial charge is 0.756 e. The van der Waals surface area contributed by atoms with E-state index in [2.05, 4.69) is 50.3 Å². The van der Waals surface area contributed by atoms with Gasteiger partial charge in [0.05, 0.1) is 34.4 Å². The molecule has 2 atom stereocenters. The molecule has 8 nitrogen and oxygen atoms in total. The van der Waals surface area contributed by atoms with Crippen LogP contribution in [0.1, 0.15) is 142 Å². The van der Waals surface area contributed by atoms with Crippen LogP contribution in [0.4, 0.5) is 0 Å².